The Kier molecular flexibility index (Phi) is 25.2. The molecule has 28 nitrogen and oxygen atoms in total. The first-order valence-electron chi connectivity index (χ1n) is 38.2. The maximum atomic E-state index is 15.4. The predicted molar refractivity (Wildman–Crippen MR) is 441 cm³/mol. The van der Waals surface area contributed by atoms with Gasteiger partial charge in [-0.15, -0.1) is 0 Å². The van der Waals surface area contributed by atoms with Crippen molar-refractivity contribution in [3.8, 4) is 34.9 Å². The predicted octanol–water partition coefficient (Wildman–Crippen LogP) is 13.9. The number of aromatic amines is 3. The third-order valence-corrected chi connectivity index (χ3v) is 20.5. The van der Waals surface area contributed by atoms with E-state index in [1.54, 1.807) is 57.5 Å². The van der Waals surface area contributed by atoms with Gasteiger partial charge >= 0.3 is 0 Å². The van der Waals surface area contributed by atoms with Crippen LogP contribution in [-0.4, -0.2) is 226 Å². The number of aryl methyl sites for hydroxylation is 3. The number of morpholine rings is 1. The van der Waals surface area contributed by atoms with Crippen molar-refractivity contribution < 1.29 is 51.6 Å². The Labute approximate surface area is 664 Å². The van der Waals surface area contributed by atoms with E-state index in [0.29, 0.717) is 76.8 Å². The van der Waals surface area contributed by atoms with Crippen LogP contribution >= 0.6 is 0 Å². The molecule has 7 N–H and O–H groups in total. The van der Waals surface area contributed by atoms with Crippen molar-refractivity contribution in [3.63, 3.8) is 0 Å². The zero-order valence-electron chi connectivity index (χ0n) is 66.3. The molecule has 0 aliphatic carbocycles. The Balaban J connectivity index is 0.000000150. The number of fused-ring (bicyclic) bond motifs is 3. The van der Waals surface area contributed by atoms with Crippen LogP contribution in [0.15, 0.2) is 140 Å². The fourth-order valence-corrected chi connectivity index (χ4v) is 13.5. The summed E-state index contributed by atoms with van der Waals surface area (Å²) in [5.74, 6) is -2.16. The first kappa shape index (κ1) is 80.5. The molecule has 3 aliphatic rings. The van der Waals surface area contributed by atoms with Crippen LogP contribution in [0.4, 0.5) is 64.7 Å². The second kappa shape index (κ2) is 36.1. The molecular formula is C84H95F3N20O8. The van der Waals surface area contributed by atoms with Crippen LogP contribution in [0.25, 0.3) is 32.7 Å². The largest absolute Gasteiger partial charge is 0.435 e. The number of halogens is 3. The van der Waals surface area contributed by atoms with Crippen molar-refractivity contribution in [2.75, 3.05) is 164 Å². The Morgan fingerprint density at radius 1 is 0.452 bits per heavy atom. The van der Waals surface area contributed by atoms with Crippen LogP contribution < -0.4 is 44.9 Å². The molecule has 3 saturated heterocycles. The quantitative estimate of drug-likeness (QED) is 0.0332. The molecule has 3 aliphatic heterocycles. The number of carbonyl (C=O) groups is 3. The smallest absolute Gasteiger partial charge is 0.262 e. The highest BCUT2D eigenvalue weighted by Crippen LogP contribution is 2.40. The first-order valence-corrected chi connectivity index (χ1v) is 38.2. The van der Waals surface area contributed by atoms with Gasteiger partial charge in [-0.1, -0.05) is 6.07 Å². The number of nitrogens with zero attached hydrogens (tertiary/aromatic N) is 14. The molecule has 15 rings (SSSR count). The number of aliphatic hydroxyl groups excluding tert-OH is 1. The molecule has 12 aromatic rings. The number of hydrogen-bond acceptors (Lipinski definition) is 22. The summed E-state index contributed by atoms with van der Waals surface area (Å²) in [4.78, 5) is 91.3. The third-order valence-electron chi connectivity index (χ3n) is 20.5. The number of amides is 3. The molecule has 0 radical (unpaired) electrons. The fraction of sp³-hybridized carbons (Fsp3) is 0.321. The molecule has 6 aromatic carbocycles. The molecule has 115 heavy (non-hydrogen) atoms. The number of H-pyrrole nitrogens is 3. The van der Waals surface area contributed by atoms with Crippen LogP contribution in [0.5, 0.6) is 34.9 Å². The zero-order chi connectivity index (χ0) is 81.1. The minimum absolute atomic E-state index is 0.0199. The third kappa shape index (κ3) is 18.4. The van der Waals surface area contributed by atoms with E-state index in [-0.39, 0.29) is 93.4 Å². The molecule has 600 valence electrons. The lowest BCUT2D eigenvalue weighted by Crippen LogP contribution is -2.44. The van der Waals surface area contributed by atoms with Gasteiger partial charge in [0.1, 0.15) is 35.7 Å². The van der Waals surface area contributed by atoms with Crippen LogP contribution in [-0.2, 0) is 11.3 Å². The van der Waals surface area contributed by atoms with Crippen molar-refractivity contribution >= 4 is 102 Å². The van der Waals surface area contributed by atoms with Gasteiger partial charge in [0.2, 0.25) is 17.6 Å². The molecule has 0 atom stereocenters. The van der Waals surface area contributed by atoms with Gasteiger partial charge < -0.3 is 94.2 Å². The van der Waals surface area contributed by atoms with E-state index in [2.05, 4.69) is 105 Å². The number of hydrogen-bond donors (Lipinski definition) is 7. The van der Waals surface area contributed by atoms with E-state index in [1.807, 2.05) is 102 Å². The number of rotatable bonds is 22. The zero-order valence-corrected chi connectivity index (χ0v) is 66.3. The highest BCUT2D eigenvalue weighted by Gasteiger charge is 2.31. The van der Waals surface area contributed by atoms with E-state index >= 15 is 13.2 Å². The molecule has 3 amide bonds. The van der Waals surface area contributed by atoms with Crippen LogP contribution in [0.1, 0.15) is 74.5 Å². The summed E-state index contributed by atoms with van der Waals surface area (Å²) in [6, 6.07) is 36.5. The number of nitrogens with one attached hydrogen (secondary N) is 6. The molecule has 6 aromatic heterocycles. The number of piperazine rings is 2. The Morgan fingerprint density at radius 3 is 1.23 bits per heavy atom. The number of aliphatic hydroxyl groups is 1. The summed E-state index contributed by atoms with van der Waals surface area (Å²) in [5.41, 5.74) is 10.7. The Bertz CT molecular complexity index is 5470. The normalized spacial score (nSPS) is 13.9. The van der Waals surface area contributed by atoms with E-state index in [1.165, 1.54) is 51.9 Å². The van der Waals surface area contributed by atoms with Crippen molar-refractivity contribution in [1.82, 2.24) is 69.4 Å². The van der Waals surface area contributed by atoms with Gasteiger partial charge in [0.05, 0.1) is 19.8 Å². The Morgan fingerprint density at radius 2 is 0.826 bits per heavy atom. The average molecular weight is 1570 g/mol. The van der Waals surface area contributed by atoms with E-state index < -0.39 is 17.5 Å². The minimum Gasteiger partial charge on any atom is -0.435 e. The summed E-state index contributed by atoms with van der Waals surface area (Å²) < 4.78 is 69.1. The molecular weight excluding hydrogens is 1470 g/mol. The summed E-state index contributed by atoms with van der Waals surface area (Å²) in [6.45, 7) is 23.0. The van der Waals surface area contributed by atoms with Crippen LogP contribution in [0, 0.1) is 38.2 Å². The monoisotopic (exact) mass is 1570 g/mol. The number of likely N-dealkylation sites (N-methyl/N-ethyl adjacent to an activating group) is 2. The number of ether oxygens (including phenoxy) is 4. The maximum Gasteiger partial charge on any atom is 0.262 e. The van der Waals surface area contributed by atoms with E-state index in [9.17, 15) is 19.5 Å². The standard InChI is InChI=1S/C29H34FN7O3.C28H32FN7O2.C27H29FN6O3/c1-5-36(4)29(39)25-27(34-22-7-6-20(15-19(22)16-38)37-12-10-35(3)11-13-37)31-17-32-28(25)40-24-9-8-23-21(26(24)30)14-18(2)33-23;1-5-35(4)28(37)24-26(33-19-7-6-8-20(16-19)36-13-11-34(3)12-14-36)30-17-31-27(24)38-23-10-9-22-21(25(23)29)15-18(2)32-22;1-4-33(3)27(35)23-25(32-18-5-7-19(8-6-18)34-11-13-36-14-12-34)29-16-30-26(23)37-22-10-9-21-20(24(22)28)15-17(2)31-21/h6-9,14-15,17,33,38H,5,10-13,16H2,1-4H3,(H,31,32,34);6-10,15-17,32H,5,11-14H2,1-4H3,(H,30,31,33);5-10,15-16,31H,4,11-14H2,1-3H3,(H,29,30,32). The van der Waals surface area contributed by atoms with E-state index in [4.69, 9.17) is 18.9 Å². The van der Waals surface area contributed by atoms with Crippen LogP contribution in [0.2, 0.25) is 0 Å². The van der Waals surface area contributed by atoms with Crippen molar-refractivity contribution in [3.05, 3.63) is 197 Å². The van der Waals surface area contributed by atoms with Gasteiger partial charge in [-0.05, 0) is 171 Å². The summed E-state index contributed by atoms with van der Waals surface area (Å²) in [6.07, 6.45) is 3.86. The molecule has 0 bridgehead atoms. The topological polar surface area (TPSA) is 295 Å². The average Bonchev–Trinajstić information content (AvgIpc) is 1.78. The Hall–Kier alpha value is -12.6. The first-order chi connectivity index (χ1) is 55.6. The number of anilines is 9. The number of carbonyl (C=O) groups excluding carboxylic acids is 3. The second-order valence-corrected chi connectivity index (χ2v) is 28.5. The highest BCUT2D eigenvalue weighted by molar-refractivity contribution is 6.03. The summed E-state index contributed by atoms with van der Waals surface area (Å²) in [7, 11) is 9.24. The van der Waals surface area contributed by atoms with Gasteiger partial charge in [-0.25, -0.2) is 43.1 Å². The maximum absolute atomic E-state index is 15.4. The molecule has 31 heteroatoms. The lowest BCUT2D eigenvalue weighted by molar-refractivity contribution is 0.0791. The van der Waals surface area contributed by atoms with Crippen LogP contribution in [0.3, 0.4) is 0 Å². The molecule has 0 saturated carbocycles. The van der Waals surface area contributed by atoms with Gasteiger partial charge in [-0.2, -0.15) is 0 Å². The minimum atomic E-state index is -0.556. The number of aromatic nitrogens is 9. The fourth-order valence-electron chi connectivity index (χ4n) is 13.5. The van der Waals surface area contributed by atoms with E-state index in [0.717, 1.165) is 111 Å². The van der Waals surface area contributed by atoms with Gasteiger partial charge in [0.25, 0.3) is 17.7 Å². The number of benzene rings is 6. The second-order valence-electron chi connectivity index (χ2n) is 28.5. The molecule has 3 fully saturated rings. The van der Waals surface area contributed by atoms with Gasteiger partial charge in [-0.3, -0.25) is 14.4 Å². The van der Waals surface area contributed by atoms with Crippen molar-refractivity contribution in [2.24, 2.45) is 0 Å². The molecule has 0 unspecified atom stereocenters. The lowest BCUT2D eigenvalue weighted by Gasteiger charge is -2.34. The van der Waals surface area contributed by atoms with Gasteiger partial charge in [0, 0.05) is 196 Å². The van der Waals surface area contributed by atoms with Gasteiger partial charge in [0.15, 0.2) is 52.2 Å². The van der Waals surface area contributed by atoms with Crippen molar-refractivity contribution in [1.29, 1.82) is 0 Å². The molecule has 9 heterocycles. The summed E-state index contributed by atoms with van der Waals surface area (Å²) in [5, 5.41) is 21.1. The highest BCUT2D eigenvalue weighted by atomic mass is 19.1. The summed E-state index contributed by atoms with van der Waals surface area (Å²) >= 11 is 0. The lowest BCUT2D eigenvalue weighted by atomic mass is 10.1. The SMILES string of the molecule is CCN(C)C(=O)c1c(Nc2ccc(N3CCN(C)CC3)cc2CO)ncnc1Oc1ccc2[nH]c(C)cc2c1F.CCN(C)C(=O)c1c(Nc2ccc(N3CCOCC3)cc2)ncnc1Oc1ccc2[nH]c(C)cc2c1F.CCN(C)C(=O)c1c(Nc2cccc(N3CCN(C)CC3)c2)ncnc1Oc1ccc2[nH]c(C)cc2c1F. The molecule has 0 spiro atoms. The van der Waals surface area contributed by atoms with Crippen molar-refractivity contribution in [2.45, 2.75) is 48.1 Å².